The number of nitriles is 1. The Kier molecular flexibility index (Phi) is 4.43. The Morgan fingerprint density at radius 3 is 2.53 bits per heavy atom. The monoisotopic (exact) mass is 317 g/mol. The van der Waals surface area contributed by atoms with Crippen molar-refractivity contribution in [1.82, 2.24) is 0 Å². The van der Waals surface area contributed by atoms with Crippen LogP contribution in [0.1, 0.15) is 11.1 Å². The number of halogens is 1. The van der Waals surface area contributed by atoms with E-state index in [4.69, 9.17) is 14.7 Å². The summed E-state index contributed by atoms with van der Waals surface area (Å²) in [6.07, 6.45) is 0. The molecular formula is C15H12BrNO2. The van der Waals surface area contributed by atoms with Crippen LogP contribution in [0.4, 0.5) is 0 Å². The maximum Gasteiger partial charge on any atom is 0.135 e. The average molecular weight is 318 g/mol. The molecule has 2 aromatic rings. The van der Waals surface area contributed by atoms with Gasteiger partial charge in [0.05, 0.1) is 23.2 Å². The van der Waals surface area contributed by atoms with Gasteiger partial charge in [-0.25, -0.2) is 0 Å². The lowest BCUT2D eigenvalue weighted by Crippen LogP contribution is -1.96. The molecule has 3 nitrogen and oxygen atoms in total. The van der Waals surface area contributed by atoms with E-state index in [9.17, 15) is 0 Å². The molecule has 0 radical (unpaired) electrons. The maximum absolute atomic E-state index is 8.86. The Balaban J connectivity index is 2.07. The number of hydrogen-bond donors (Lipinski definition) is 0. The SMILES string of the molecule is COc1ccc(COc2cc(C#N)ccc2Br)cc1. The number of benzene rings is 2. The molecule has 2 rings (SSSR count). The van der Waals surface area contributed by atoms with Crippen LogP contribution in [0.2, 0.25) is 0 Å². The van der Waals surface area contributed by atoms with Gasteiger partial charge in [0.15, 0.2) is 0 Å². The topological polar surface area (TPSA) is 42.2 Å². The fourth-order valence-electron chi connectivity index (χ4n) is 1.57. The van der Waals surface area contributed by atoms with Crippen LogP contribution in [0, 0.1) is 11.3 Å². The van der Waals surface area contributed by atoms with E-state index in [-0.39, 0.29) is 0 Å². The standard InChI is InChI=1S/C15H12BrNO2/c1-18-13-5-2-11(3-6-13)10-19-15-8-12(9-17)4-7-14(15)16/h2-8H,10H2,1H3. The zero-order valence-electron chi connectivity index (χ0n) is 10.4. The van der Waals surface area contributed by atoms with Crippen molar-refractivity contribution in [2.45, 2.75) is 6.61 Å². The van der Waals surface area contributed by atoms with Gasteiger partial charge in [0.25, 0.3) is 0 Å². The highest BCUT2D eigenvalue weighted by Crippen LogP contribution is 2.26. The lowest BCUT2D eigenvalue weighted by molar-refractivity contribution is 0.304. The van der Waals surface area contributed by atoms with Crippen LogP contribution in [-0.4, -0.2) is 7.11 Å². The van der Waals surface area contributed by atoms with Gasteiger partial charge in [-0.3, -0.25) is 0 Å². The molecule has 0 amide bonds. The molecule has 2 aromatic carbocycles. The zero-order valence-corrected chi connectivity index (χ0v) is 12.0. The minimum Gasteiger partial charge on any atom is -0.497 e. The van der Waals surface area contributed by atoms with Crippen molar-refractivity contribution in [2.75, 3.05) is 7.11 Å². The van der Waals surface area contributed by atoms with Crippen molar-refractivity contribution >= 4 is 15.9 Å². The highest BCUT2D eigenvalue weighted by Gasteiger charge is 2.03. The predicted molar refractivity (Wildman–Crippen MR) is 76.2 cm³/mol. The average Bonchev–Trinajstić information content (AvgIpc) is 2.47. The molecule has 0 heterocycles. The molecule has 0 aliphatic rings. The smallest absolute Gasteiger partial charge is 0.135 e. The first kappa shape index (κ1) is 13.4. The summed E-state index contributed by atoms with van der Waals surface area (Å²) in [7, 11) is 1.63. The summed E-state index contributed by atoms with van der Waals surface area (Å²) in [4.78, 5) is 0. The van der Waals surface area contributed by atoms with Crippen molar-refractivity contribution in [3.8, 4) is 17.6 Å². The van der Waals surface area contributed by atoms with Crippen LogP contribution in [-0.2, 0) is 6.61 Å². The van der Waals surface area contributed by atoms with Gasteiger partial charge in [-0.1, -0.05) is 12.1 Å². The van der Waals surface area contributed by atoms with Gasteiger partial charge in [-0.2, -0.15) is 5.26 Å². The van der Waals surface area contributed by atoms with Crippen LogP contribution < -0.4 is 9.47 Å². The Morgan fingerprint density at radius 1 is 1.16 bits per heavy atom. The van der Waals surface area contributed by atoms with Crippen LogP contribution in [0.25, 0.3) is 0 Å². The highest BCUT2D eigenvalue weighted by molar-refractivity contribution is 9.10. The highest BCUT2D eigenvalue weighted by atomic mass is 79.9. The Bertz CT molecular complexity index is 603. The van der Waals surface area contributed by atoms with Crippen molar-refractivity contribution in [3.05, 3.63) is 58.1 Å². The molecule has 0 fully saturated rings. The molecule has 0 N–H and O–H groups in total. The summed E-state index contributed by atoms with van der Waals surface area (Å²) < 4.78 is 11.6. The Hall–Kier alpha value is -1.99. The fraction of sp³-hybridized carbons (Fsp3) is 0.133. The molecule has 4 heteroatoms. The molecule has 0 atom stereocenters. The lowest BCUT2D eigenvalue weighted by atomic mass is 10.2. The molecule has 0 bridgehead atoms. The largest absolute Gasteiger partial charge is 0.497 e. The van der Waals surface area contributed by atoms with Crippen molar-refractivity contribution in [3.63, 3.8) is 0 Å². The molecule has 0 saturated heterocycles. The number of rotatable bonds is 4. The van der Waals surface area contributed by atoms with Gasteiger partial charge in [0, 0.05) is 0 Å². The molecule has 0 saturated carbocycles. The van der Waals surface area contributed by atoms with Gasteiger partial charge in [0.1, 0.15) is 18.1 Å². The summed E-state index contributed by atoms with van der Waals surface area (Å²) >= 11 is 3.40. The minimum atomic E-state index is 0.442. The van der Waals surface area contributed by atoms with E-state index in [1.807, 2.05) is 30.3 Å². The quantitative estimate of drug-likeness (QED) is 0.858. The summed E-state index contributed by atoms with van der Waals surface area (Å²) in [5.41, 5.74) is 1.61. The van der Waals surface area contributed by atoms with Crippen LogP contribution in [0.5, 0.6) is 11.5 Å². The molecule has 0 unspecified atom stereocenters. The molecule has 96 valence electrons. The second-order valence-corrected chi connectivity index (χ2v) is 4.75. The minimum absolute atomic E-state index is 0.442. The summed E-state index contributed by atoms with van der Waals surface area (Å²) in [6, 6.07) is 15.0. The van der Waals surface area contributed by atoms with Crippen LogP contribution in [0.15, 0.2) is 46.9 Å². The van der Waals surface area contributed by atoms with Crippen molar-refractivity contribution < 1.29 is 9.47 Å². The molecule has 0 aromatic heterocycles. The van der Waals surface area contributed by atoms with Gasteiger partial charge < -0.3 is 9.47 Å². The van der Waals surface area contributed by atoms with Gasteiger partial charge in [-0.15, -0.1) is 0 Å². The number of methoxy groups -OCH3 is 1. The van der Waals surface area contributed by atoms with Crippen molar-refractivity contribution in [1.29, 1.82) is 5.26 Å². The second kappa shape index (κ2) is 6.26. The van der Waals surface area contributed by atoms with E-state index in [1.165, 1.54) is 0 Å². The summed E-state index contributed by atoms with van der Waals surface area (Å²) in [5.74, 6) is 1.48. The first-order valence-corrected chi connectivity index (χ1v) is 6.47. The third-order valence-electron chi connectivity index (χ3n) is 2.61. The van der Waals surface area contributed by atoms with E-state index in [0.29, 0.717) is 17.9 Å². The molecular weight excluding hydrogens is 306 g/mol. The van der Waals surface area contributed by atoms with Gasteiger partial charge >= 0.3 is 0 Å². The number of nitrogens with zero attached hydrogens (tertiary/aromatic N) is 1. The predicted octanol–water partition coefficient (Wildman–Crippen LogP) is 3.91. The molecule has 19 heavy (non-hydrogen) atoms. The molecule has 0 aliphatic carbocycles. The Morgan fingerprint density at radius 2 is 1.89 bits per heavy atom. The molecule has 0 spiro atoms. The summed E-state index contributed by atoms with van der Waals surface area (Å²) in [6.45, 7) is 0.442. The normalized spacial score (nSPS) is 9.74. The zero-order chi connectivity index (χ0) is 13.7. The third-order valence-corrected chi connectivity index (χ3v) is 3.27. The number of ether oxygens (including phenoxy) is 2. The Labute approximate surface area is 120 Å². The number of hydrogen-bond acceptors (Lipinski definition) is 3. The van der Waals surface area contributed by atoms with Gasteiger partial charge in [-0.05, 0) is 51.8 Å². The van der Waals surface area contributed by atoms with E-state index in [2.05, 4.69) is 22.0 Å². The fourth-order valence-corrected chi connectivity index (χ4v) is 1.93. The van der Waals surface area contributed by atoms with Gasteiger partial charge in [0.2, 0.25) is 0 Å². The first-order valence-electron chi connectivity index (χ1n) is 5.68. The maximum atomic E-state index is 8.86. The third kappa shape index (κ3) is 3.49. The second-order valence-electron chi connectivity index (χ2n) is 3.89. The van der Waals surface area contributed by atoms with Crippen molar-refractivity contribution in [2.24, 2.45) is 0 Å². The van der Waals surface area contributed by atoms with Crippen LogP contribution >= 0.6 is 15.9 Å². The molecule has 0 aliphatic heterocycles. The van der Waals surface area contributed by atoms with E-state index >= 15 is 0 Å². The van der Waals surface area contributed by atoms with Crippen LogP contribution in [0.3, 0.4) is 0 Å². The van der Waals surface area contributed by atoms with E-state index in [1.54, 1.807) is 19.2 Å². The summed E-state index contributed by atoms with van der Waals surface area (Å²) in [5, 5.41) is 8.86. The first-order chi connectivity index (χ1) is 9.22. The van der Waals surface area contributed by atoms with E-state index in [0.717, 1.165) is 15.8 Å². The van der Waals surface area contributed by atoms with E-state index < -0.39 is 0 Å². The lowest BCUT2D eigenvalue weighted by Gasteiger charge is -2.09.